The average molecular weight is 274 g/mol. The Morgan fingerprint density at radius 1 is 1.26 bits per heavy atom. The maximum absolute atomic E-state index is 12.1. The lowest BCUT2D eigenvalue weighted by molar-refractivity contribution is 0.101. The van der Waals surface area contributed by atoms with E-state index < -0.39 is 0 Å². The number of fused-ring (bicyclic) bond motifs is 1. The number of carbonyl (C=O) groups excluding carboxylic acids is 1. The van der Waals surface area contributed by atoms with E-state index >= 15 is 0 Å². The number of Topliss-reactive ketones (excluding diaryl/α,β-unsaturated/α-hetero) is 1. The van der Waals surface area contributed by atoms with Crippen LogP contribution in [0.15, 0.2) is 30.0 Å². The summed E-state index contributed by atoms with van der Waals surface area (Å²) in [5, 5.41) is 19.1. The van der Waals surface area contributed by atoms with Gasteiger partial charge in [-0.15, -0.1) is 11.3 Å². The molecule has 0 spiro atoms. The first kappa shape index (κ1) is 11.8. The fourth-order valence-electron chi connectivity index (χ4n) is 1.94. The SMILES string of the molecule is Cc1ccc(/C=C2\Oc3cc(O)cc(O)c3C2=O)s1. The van der Waals surface area contributed by atoms with Crippen molar-refractivity contribution in [1.82, 2.24) is 0 Å². The molecule has 19 heavy (non-hydrogen) atoms. The predicted octanol–water partition coefficient (Wildman–Crippen LogP) is 3.08. The highest BCUT2D eigenvalue weighted by Gasteiger charge is 2.31. The lowest BCUT2D eigenvalue weighted by Crippen LogP contribution is -1.97. The van der Waals surface area contributed by atoms with Gasteiger partial charge in [-0.2, -0.15) is 0 Å². The number of hydrogen-bond donors (Lipinski definition) is 2. The summed E-state index contributed by atoms with van der Waals surface area (Å²) in [5.74, 6) is -0.457. The van der Waals surface area contributed by atoms with E-state index in [2.05, 4.69) is 0 Å². The number of hydrogen-bond acceptors (Lipinski definition) is 5. The molecule has 0 unspecified atom stereocenters. The molecule has 0 atom stereocenters. The fraction of sp³-hybridized carbons (Fsp3) is 0.0714. The summed E-state index contributed by atoms with van der Waals surface area (Å²) in [4.78, 5) is 14.1. The third-order valence-electron chi connectivity index (χ3n) is 2.77. The summed E-state index contributed by atoms with van der Waals surface area (Å²) in [6, 6.07) is 6.28. The van der Waals surface area contributed by atoms with Crippen molar-refractivity contribution >= 4 is 23.2 Å². The number of allylic oxidation sites excluding steroid dienone is 1. The summed E-state index contributed by atoms with van der Waals surface area (Å²) in [7, 11) is 0. The molecule has 0 fully saturated rings. The largest absolute Gasteiger partial charge is 0.508 e. The van der Waals surface area contributed by atoms with Gasteiger partial charge in [0.1, 0.15) is 22.8 Å². The van der Waals surface area contributed by atoms with E-state index in [1.807, 2.05) is 19.1 Å². The summed E-state index contributed by atoms with van der Waals surface area (Å²) in [6.07, 6.45) is 1.64. The molecule has 0 aliphatic carbocycles. The van der Waals surface area contributed by atoms with Crippen molar-refractivity contribution in [1.29, 1.82) is 0 Å². The summed E-state index contributed by atoms with van der Waals surface area (Å²) < 4.78 is 5.39. The van der Waals surface area contributed by atoms with E-state index in [0.29, 0.717) is 0 Å². The highest BCUT2D eigenvalue weighted by molar-refractivity contribution is 7.12. The van der Waals surface area contributed by atoms with Crippen LogP contribution in [0.3, 0.4) is 0 Å². The Bertz CT molecular complexity index is 712. The second-order valence-corrected chi connectivity index (χ2v) is 5.55. The van der Waals surface area contributed by atoms with Crippen LogP contribution in [0.25, 0.3) is 6.08 Å². The molecule has 0 saturated carbocycles. The van der Waals surface area contributed by atoms with Crippen molar-refractivity contribution in [2.75, 3.05) is 0 Å². The zero-order valence-electron chi connectivity index (χ0n) is 10.0. The van der Waals surface area contributed by atoms with E-state index in [1.165, 1.54) is 6.07 Å². The molecule has 0 saturated heterocycles. The maximum Gasteiger partial charge on any atom is 0.235 e. The molecule has 4 nitrogen and oxygen atoms in total. The third kappa shape index (κ3) is 1.98. The molecule has 1 aliphatic rings. The van der Waals surface area contributed by atoms with E-state index in [-0.39, 0.29) is 34.4 Å². The number of carbonyl (C=O) groups is 1. The van der Waals surface area contributed by atoms with Crippen LogP contribution < -0.4 is 4.74 Å². The number of phenolic OH excluding ortho intramolecular Hbond substituents is 2. The zero-order valence-corrected chi connectivity index (χ0v) is 10.8. The first-order valence-corrected chi connectivity index (χ1v) is 6.43. The molecular formula is C14H10O4S. The van der Waals surface area contributed by atoms with Gasteiger partial charge in [-0.1, -0.05) is 0 Å². The Labute approximate surface area is 113 Å². The van der Waals surface area contributed by atoms with Gasteiger partial charge in [0.2, 0.25) is 5.78 Å². The van der Waals surface area contributed by atoms with Gasteiger partial charge in [-0.25, -0.2) is 0 Å². The standard InChI is InChI=1S/C14H10O4S/c1-7-2-3-9(19-7)6-12-14(17)13-10(16)4-8(15)5-11(13)18-12/h2-6,15-16H,1H3/b12-6-. The van der Waals surface area contributed by atoms with Crippen LogP contribution in [0.1, 0.15) is 20.1 Å². The van der Waals surface area contributed by atoms with Gasteiger partial charge in [0.05, 0.1) is 0 Å². The van der Waals surface area contributed by atoms with Crippen molar-refractivity contribution in [2.24, 2.45) is 0 Å². The van der Waals surface area contributed by atoms with E-state index in [1.54, 1.807) is 17.4 Å². The minimum atomic E-state index is -0.376. The first-order valence-electron chi connectivity index (χ1n) is 5.61. The number of aromatic hydroxyl groups is 2. The van der Waals surface area contributed by atoms with Crippen LogP contribution in [0.2, 0.25) is 0 Å². The van der Waals surface area contributed by atoms with Crippen LogP contribution in [-0.4, -0.2) is 16.0 Å². The highest BCUT2D eigenvalue weighted by atomic mass is 32.1. The van der Waals surface area contributed by atoms with Gasteiger partial charge in [-0.05, 0) is 19.1 Å². The molecule has 1 aliphatic heterocycles. The van der Waals surface area contributed by atoms with Gasteiger partial charge in [0, 0.05) is 28.0 Å². The summed E-state index contributed by atoms with van der Waals surface area (Å²) in [6.45, 7) is 1.97. The smallest absolute Gasteiger partial charge is 0.235 e. The second kappa shape index (κ2) is 4.13. The minimum absolute atomic E-state index is 0.0947. The maximum atomic E-state index is 12.1. The molecule has 2 aromatic rings. The first-order chi connectivity index (χ1) is 9.04. The van der Waals surface area contributed by atoms with E-state index in [4.69, 9.17) is 4.74 Å². The number of ether oxygens (including phenoxy) is 1. The Balaban J connectivity index is 2.04. The lowest BCUT2D eigenvalue weighted by atomic mass is 10.1. The molecule has 3 rings (SSSR count). The van der Waals surface area contributed by atoms with Gasteiger partial charge >= 0.3 is 0 Å². The quantitative estimate of drug-likeness (QED) is 0.784. The number of ketones is 1. The van der Waals surface area contributed by atoms with E-state index in [0.717, 1.165) is 15.8 Å². The molecule has 0 radical (unpaired) electrons. The number of benzene rings is 1. The van der Waals surface area contributed by atoms with Gasteiger partial charge in [0.15, 0.2) is 5.76 Å². The van der Waals surface area contributed by atoms with Crippen LogP contribution in [0, 0.1) is 6.92 Å². The Hall–Kier alpha value is -2.27. The van der Waals surface area contributed by atoms with Crippen molar-refractivity contribution < 1.29 is 19.7 Å². The zero-order chi connectivity index (χ0) is 13.6. The Morgan fingerprint density at radius 2 is 2.05 bits per heavy atom. The number of rotatable bonds is 1. The molecule has 0 bridgehead atoms. The molecule has 2 heterocycles. The highest BCUT2D eigenvalue weighted by Crippen LogP contribution is 2.40. The van der Waals surface area contributed by atoms with Crippen molar-refractivity contribution in [3.05, 3.63) is 45.3 Å². The number of thiophene rings is 1. The van der Waals surface area contributed by atoms with Crippen LogP contribution in [-0.2, 0) is 0 Å². The average Bonchev–Trinajstić information content (AvgIpc) is 2.84. The van der Waals surface area contributed by atoms with Crippen LogP contribution >= 0.6 is 11.3 Å². The molecule has 5 heteroatoms. The van der Waals surface area contributed by atoms with Gasteiger partial charge in [-0.3, -0.25) is 4.79 Å². The monoisotopic (exact) mass is 274 g/mol. The van der Waals surface area contributed by atoms with Crippen LogP contribution in [0.5, 0.6) is 17.2 Å². The molecular weight excluding hydrogens is 264 g/mol. The Morgan fingerprint density at radius 3 is 2.74 bits per heavy atom. The predicted molar refractivity (Wildman–Crippen MR) is 71.8 cm³/mol. The van der Waals surface area contributed by atoms with E-state index in [9.17, 15) is 15.0 Å². The summed E-state index contributed by atoms with van der Waals surface area (Å²) in [5.41, 5.74) is 0.0947. The summed E-state index contributed by atoms with van der Waals surface area (Å²) >= 11 is 1.54. The van der Waals surface area contributed by atoms with Crippen molar-refractivity contribution in [3.8, 4) is 17.2 Å². The van der Waals surface area contributed by atoms with Crippen LogP contribution in [0.4, 0.5) is 0 Å². The van der Waals surface area contributed by atoms with Gasteiger partial charge < -0.3 is 14.9 Å². The molecule has 1 aromatic heterocycles. The molecule has 2 N–H and O–H groups in total. The third-order valence-corrected chi connectivity index (χ3v) is 3.72. The topological polar surface area (TPSA) is 66.8 Å². The number of aryl methyl sites for hydroxylation is 1. The normalized spacial score (nSPS) is 15.6. The molecule has 96 valence electrons. The fourth-order valence-corrected chi connectivity index (χ4v) is 2.75. The minimum Gasteiger partial charge on any atom is -0.508 e. The van der Waals surface area contributed by atoms with Gasteiger partial charge in [0.25, 0.3) is 0 Å². The number of phenols is 2. The second-order valence-electron chi connectivity index (χ2n) is 4.23. The Kier molecular flexibility index (Phi) is 2.57. The molecule has 1 aromatic carbocycles. The van der Waals surface area contributed by atoms with Crippen molar-refractivity contribution in [2.45, 2.75) is 6.92 Å². The van der Waals surface area contributed by atoms with Crippen molar-refractivity contribution in [3.63, 3.8) is 0 Å². The lowest BCUT2D eigenvalue weighted by Gasteiger charge is -1.99. The molecule has 0 amide bonds.